The van der Waals surface area contributed by atoms with Crippen molar-refractivity contribution in [3.05, 3.63) is 41.9 Å². The van der Waals surface area contributed by atoms with Crippen molar-refractivity contribution in [1.82, 2.24) is 19.9 Å². The molecular formula is C15H13N5O. The number of aromatic nitrogens is 3. The molecule has 0 saturated carbocycles. The van der Waals surface area contributed by atoms with Crippen LogP contribution in [0.4, 0.5) is 5.69 Å². The Kier molecular flexibility index (Phi) is 2.29. The van der Waals surface area contributed by atoms with Crippen LogP contribution in [0, 0.1) is 0 Å². The third kappa shape index (κ3) is 1.56. The topological polar surface area (TPSA) is 85.8 Å². The van der Waals surface area contributed by atoms with Gasteiger partial charge in [0, 0.05) is 42.5 Å². The monoisotopic (exact) mass is 279 g/mol. The molecule has 0 aromatic carbocycles. The Balaban J connectivity index is 2.05. The van der Waals surface area contributed by atoms with Gasteiger partial charge in [-0.3, -0.25) is 9.78 Å². The molecular weight excluding hydrogens is 266 g/mol. The van der Waals surface area contributed by atoms with Crippen LogP contribution in [0.5, 0.6) is 0 Å². The summed E-state index contributed by atoms with van der Waals surface area (Å²) in [6, 6.07) is 3.93. The molecule has 6 heteroatoms. The SMILES string of the molecule is Cn1ccc2c(-c3ncc(N)c4c3CNC4=O)ccnc21. The summed E-state index contributed by atoms with van der Waals surface area (Å²) in [5.74, 6) is -0.135. The predicted octanol–water partition coefficient (Wildman–Crippen LogP) is 1.46. The summed E-state index contributed by atoms with van der Waals surface area (Å²) in [7, 11) is 1.95. The zero-order valence-corrected chi connectivity index (χ0v) is 11.4. The van der Waals surface area contributed by atoms with E-state index < -0.39 is 0 Å². The normalized spacial score (nSPS) is 13.5. The number of aryl methyl sites for hydroxylation is 1. The number of nitrogen functional groups attached to an aromatic ring is 1. The molecule has 3 aromatic rings. The second-order valence-electron chi connectivity index (χ2n) is 5.12. The first-order chi connectivity index (χ1) is 10.2. The van der Waals surface area contributed by atoms with Crippen molar-refractivity contribution >= 4 is 22.6 Å². The predicted molar refractivity (Wildman–Crippen MR) is 79.5 cm³/mol. The van der Waals surface area contributed by atoms with Crippen molar-refractivity contribution in [2.45, 2.75) is 6.54 Å². The fourth-order valence-electron chi connectivity index (χ4n) is 2.87. The Morgan fingerprint density at radius 2 is 2.19 bits per heavy atom. The highest BCUT2D eigenvalue weighted by atomic mass is 16.1. The number of anilines is 1. The van der Waals surface area contributed by atoms with Crippen molar-refractivity contribution in [3.63, 3.8) is 0 Å². The summed E-state index contributed by atoms with van der Waals surface area (Å²) in [6.07, 6.45) is 5.27. The van der Waals surface area contributed by atoms with E-state index in [0.29, 0.717) is 17.8 Å². The van der Waals surface area contributed by atoms with E-state index in [9.17, 15) is 4.79 Å². The molecule has 0 unspecified atom stereocenters. The highest BCUT2D eigenvalue weighted by Crippen LogP contribution is 2.34. The Morgan fingerprint density at radius 3 is 3.05 bits per heavy atom. The fourth-order valence-corrected chi connectivity index (χ4v) is 2.87. The molecule has 1 aliphatic heterocycles. The van der Waals surface area contributed by atoms with E-state index in [2.05, 4.69) is 15.3 Å². The minimum atomic E-state index is -0.135. The molecule has 0 spiro atoms. The van der Waals surface area contributed by atoms with Gasteiger partial charge in [-0.2, -0.15) is 0 Å². The average Bonchev–Trinajstić information content (AvgIpc) is 3.05. The summed E-state index contributed by atoms with van der Waals surface area (Å²) in [6.45, 7) is 0.457. The summed E-state index contributed by atoms with van der Waals surface area (Å²) < 4.78 is 1.96. The number of rotatable bonds is 1. The molecule has 0 fully saturated rings. The summed E-state index contributed by atoms with van der Waals surface area (Å²) in [4.78, 5) is 20.7. The van der Waals surface area contributed by atoms with E-state index in [-0.39, 0.29) is 5.91 Å². The van der Waals surface area contributed by atoms with E-state index in [1.807, 2.05) is 29.9 Å². The van der Waals surface area contributed by atoms with Gasteiger partial charge in [-0.25, -0.2) is 4.98 Å². The van der Waals surface area contributed by atoms with E-state index in [0.717, 1.165) is 27.9 Å². The maximum Gasteiger partial charge on any atom is 0.254 e. The number of hydrogen-bond acceptors (Lipinski definition) is 4. The molecule has 6 nitrogen and oxygen atoms in total. The zero-order chi connectivity index (χ0) is 14.6. The van der Waals surface area contributed by atoms with Gasteiger partial charge in [0.15, 0.2) is 0 Å². The van der Waals surface area contributed by atoms with Crippen molar-refractivity contribution in [1.29, 1.82) is 0 Å². The minimum absolute atomic E-state index is 0.135. The highest BCUT2D eigenvalue weighted by Gasteiger charge is 2.26. The Hall–Kier alpha value is -2.89. The van der Waals surface area contributed by atoms with E-state index in [4.69, 9.17) is 5.73 Å². The lowest BCUT2D eigenvalue weighted by Gasteiger charge is -2.09. The summed E-state index contributed by atoms with van der Waals surface area (Å²) in [5, 5.41) is 3.82. The first kappa shape index (κ1) is 11.9. The molecule has 0 aliphatic carbocycles. The molecule has 0 atom stereocenters. The number of pyridine rings is 2. The average molecular weight is 279 g/mol. The van der Waals surface area contributed by atoms with Gasteiger partial charge in [0.1, 0.15) is 5.65 Å². The number of nitrogens with two attached hydrogens (primary N) is 1. The van der Waals surface area contributed by atoms with E-state index in [1.165, 1.54) is 0 Å². The maximum atomic E-state index is 11.9. The van der Waals surface area contributed by atoms with Gasteiger partial charge in [0.05, 0.1) is 23.1 Å². The molecule has 21 heavy (non-hydrogen) atoms. The lowest BCUT2D eigenvalue weighted by atomic mass is 10.0. The molecule has 1 amide bonds. The summed E-state index contributed by atoms with van der Waals surface area (Å²) in [5.41, 5.74) is 10.3. The maximum absolute atomic E-state index is 11.9. The fraction of sp³-hybridized carbons (Fsp3) is 0.133. The van der Waals surface area contributed by atoms with Crippen LogP contribution in [-0.4, -0.2) is 20.4 Å². The zero-order valence-electron chi connectivity index (χ0n) is 11.4. The molecule has 4 heterocycles. The van der Waals surface area contributed by atoms with Crippen LogP contribution in [0.3, 0.4) is 0 Å². The lowest BCUT2D eigenvalue weighted by molar-refractivity contribution is 0.0966. The molecule has 0 bridgehead atoms. The van der Waals surface area contributed by atoms with Crippen LogP contribution < -0.4 is 11.1 Å². The largest absolute Gasteiger partial charge is 0.397 e. The van der Waals surface area contributed by atoms with Crippen LogP contribution in [0.2, 0.25) is 0 Å². The molecule has 104 valence electrons. The van der Waals surface area contributed by atoms with Gasteiger partial charge in [-0.1, -0.05) is 0 Å². The van der Waals surface area contributed by atoms with Gasteiger partial charge in [-0.15, -0.1) is 0 Å². The standard InChI is InChI=1S/C15H13N5O/c1-20-5-3-9-8(2-4-17-14(9)20)13-10-6-19-15(21)12(10)11(16)7-18-13/h2-5,7H,6,16H2,1H3,(H,19,21). The molecule has 4 rings (SSSR count). The van der Waals surface area contributed by atoms with Crippen molar-refractivity contribution in [2.75, 3.05) is 5.73 Å². The van der Waals surface area contributed by atoms with Crippen molar-refractivity contribution < 1.29 is 4.79 Å². The highest BCUT2D eigenvalue weighted by molar-refractivity contribution is 6.05. The Bertz CT molecular complexity index is 896. The summed E-state index contributed by atoms with van der Waals surface area (Å²) >= 11 is 0. The number of nitrogens with zero attached hydrogens (tertiary/aromatic N) is 3. The Labute approximate surface area is 120 Å². The molecule has 0 radical (unpaired) electrons. The van der Waals surface area contributed by atoms with Crippen molar-refractivity contribution in [3.8, 4) is 11.3 Å². The molecule has 3 N–H and O–H groups in total. The quantitative estimate of drug-likeness (QED) is 0.706. The Morgan fingerprint density at radius 1 is 1.33 bits per heavy atom. The van der Waals surface area contributed by atoms with Crippen LogP contribution in [-0.2, 0) is 13.6 Å². The van der Waals surface area contributed by atoms with Crippen LogP contribution >= 0.6 is 0 Å². The number of nitrogens with one attached hydrogen (secondary N) is 1. The lowest BCUT2D eigenvalue weighted by Crippen LogP contribution is -2.13. The number of carbonyl (C=O) groups excluding carboxylic acids is 1. The number of carbonyl (C=O) groups is 1. The van der Waals surface area contributed by atoms with E-state index >= 15 is 0 Å². The third-order valence-electron chi connectivity index (χ3n) is 3.88. The van der Waals surface area contributed by atoms with Gasteiger partial charge < -0.3 is 15.6 Å². The van der Waals surface area contributed by atoms with Gasteiger partial charge in [-0.05, 0) is 12.1 Å². The van der Waals surface area contributed by atoms with Gasteiger partial charge >= 0.3 is 0 Å². The number of fused-ring (bicyclic) bond motifs is 2. The van der Waals surface area contributed by atoms with E-state index in [1.54, 1.807) is 12.4 Å². The number of hydrogen-bond donors (Lipinski definition) is 2. The second kappa shape index (κ2) is 4.05. The molecule has 3 aromatic heterocycles. The first-order valence-electron chi connectivity index (χ1n) is 6.63. The smallest absolute Gasteiger partial charge is 0.254 e. The third-order valence-corrected chi connectivity index (χ3v) is 3.88. The molecule has 1 aliphatic rings. The second-order valence-corrected chi connectivity index (χ2v) is 5.12. The minimum Gasteiger partial charge on any atom is -0.397 e. The van der Waals surface area contributed by atoms with Crippen LogP contribution in [0.25, 0.3) is 22.3 Å². The van der Waals surface area contributed by atoms with Crippen molar-refractivity contribution in [2.24, 2.45) is 7.05 Å². The van der Waals surface area contributed by atoms with Crippen LogP contribution in [0.1, 0.15) is 15.9 Å². The van der Waals surface area contributed by atoms with Crippen LogP contribution in [0.15, 0.2) is 30.7 Å². The number of amides is 1. The van der Waals surface area contributed by atoms with Gasteiger partial charge in [0.25, 0.3) is 5.91 Å². The molecule has 0 saturated heterocycles. The first-order valence-corrected chi connectivity index (χ1v) is 6.63. The van der Waals surface area contributed by atoms with Gasteiger partial charge in [0.2, 0.25) is 0 Å².